The lowest BCUT2D eigenvalue weighted by Gasteiger charge is -2.63. The van der Waals surface area contributed by atoms with Crippen LogP contribution in [0, 0.1) is 46.3 Å². The first-order valence-electron chi connectivity index (χ1n) is 11.7. The van der Waals surface area contributed by atoms with Gasteiger partial charge in [0.15, 0.2) is 0 Å². The third kappa shape index (κ3) is 3.18. The number of aliphatic carboxylic acids is 1. The molecule has 0 radical (unpaired) electrons. The molecule has 0 heterocycles. The van der Waals surface area contributed by atoms with Crippen molar-refractivity contribution in [1.82, 2.24) is 0 Å². The maximum absolute atomic E-state index is 12.1. The van der Waals surface area contributed by atoms with Gasteiger partial charge in [-0.1, -0.05) is 20.8 Å². The lowest BCUT2D eigenvalue weighted by atomic mass is 9.43. The van der Waals surface area contributed by atoms with Crippen LogP contribution in [0.4, 0.5) is 0 Å². The van der Waals surface area contributed by atoms with E-state index in [1.165, 1.54) is 0 Å². The van der Waals surface area contributed by atoms with Gasteiger partial charge in [-0.2, -0.15) is 0 Å². The van der Waals surface area contributed by atoms with Gasteiger partial charge in [0.25, 0.3) is 0 Å². The molecular weight excluding hydrogens is 368 g/mol. The summed E-state index contributed by atoms with van der Waals surface area (Å²) in [6.07, 6.45) is 5.58. The lowest BCUT2D eigenvalue weighted by Crippen LogP contribution is -2.61. The average Bonchev–Trinajstić information content (AvgIpc) is 3.02. The minimum absolute atomic E-state index is 0.0354. The highest BCUT2D eigenvalue weighted by molar-refractivity contribution is 5.79. The maximum Gasteiger partial charge on any atom is 0.303 e. The first-order valence-corrected chi connectivity index (χ1v) is 11.7. The SMILES string of the molecule is C[C@H](CCC(=O)O)[C@H]1CC[C@H]2[C@@H]3C[C@H](O)[C@@H]4CC(=O)CC[C@]4(C)[C@H]3C[C@H](O)[C@]12C. The summed E-state index contributed by atoms with van der Waals surface area (Å²) >= 11 is 0. The zero-order chi connectivity index (χ0) is 21.1. The largest absolute Gasteiger partial charge is 0.481 e. The highest BCUT2D eigenvalue weighted by atomic mass is 16.4. The molecule has 5 nitrogen and oxygen atoms in total. The molecule has 3 N–H and O–H groups in total. The number of carboxylic acids is 1. The molecule has 0 unspecified atom stereocenters. The molecule has 0 saturated heterocycles. The van der Waals surface area contributed by atoms with Crippen molar-refractivity contribution >= 4 is 11.8 Å². The highest BCUT2D eigenvalue weighted by Crippen LogP contribution is 2.68. The molecule has 0 amide bonds. The minimum atomic E-state index is -0.748. The Labute approximate surface area is 174 Å². The molecule has 0 bridgehead atoms. The number of carboxylic acid groups (broad SMARTS) is 1. The van der Waals surface area contributed by atoms with Crippen molar-refractivity contribution in [3.8, 4) is 0 Å². The zero-order valence-electron chi connectivity index (χ0n) is 18.1. The number of Topliss-reactive ketones (excluding diaryl/α,β-unsaturated/α-hetero) is 1. The molecule has 4 saturated carbocycles. The van der Waals surface area contributed by atoms with Gasteiger partial charge in [0, 0.05) is 19.3 Å². The molecule has 4 rings (SSSR count). The molecular formula is C24H38O5. The number of carbonyl (C=O) groups is 2. The maximum atomic E-state index is 12.1. The Morgan fingerprint density at radius 3 is 2.55 bits per heavy atom. The van der Waals surface area contributed by atoms with Gasteiger partial charge in [-0.25, -0.2) is 0 Å². The monoisotopic (exact) mass is 406 g/mol. The van der Waals surface area contributed by atoms with E-state index in [2.05, 4.69) is 20.8 Å². The summed E-state index contributed by atoms with van der Waals surface area (Å²) < 4.78 is 0. The van der Waals surface area contributed by atoms with Crippen molar-refractivity contribution in [1.29, 1.82) is 0 Å². The van der Waals surface area contributed by atoms with Crippen LogP contribution in [0.5, 0.6) is 0 Å². The van der Waals surface area contributed by atoms with Crippen molar-refractivity contribution in [3.05, 3.63) is 0 Å². The molecule has 0 aromatic carbocycles. The van der Waals surface area contributed by atoms with E-state index in [1.54, 1.807) is 0 Å². The van der Waals surface area contributed by atoms with Crippen molar-refractivity contribution in [3.63, 3.8) is 0 Å². The number of fused-ring (bicyclic) bond motifs is 5. The third-order valence-electron chi connectivity index (χ3n) is 10.2. The van der Waals surface area contributed by atoms with Gasteiger partial charge in [-0.3, -0.25) is 9.59 Å². The molecule has 0 aromatic rings. The van der Waals surface area contributed by atoms with Crippen LogP contribution in [0.15, 0.2) is 0 Å². The number of ketones is 1. The molecule has 10 atom stereocenters. The molecule has 0 aliphatic heterocycles. The second kappa shape index (κ2) is 7.33. The Hall–Kier alpha value is -0.940. The standard InChI is InChI=1S/C24H38O5/c1-13(4-7-22(28)29)16-5-6-17-15-11-20(26)19-10-14(25)8-9-23(19,2)18(15)12-21(27)24(16,17)3/h13,15-21,26-27H,4-12H2,1-3H3,(H,28,29)/t13-,15+,16-,17+,18+,19+,20+,21+,23-,24-/m1/s1. The Kier molecular flexibility index (Phi) is 5.39. The zero-order valence-corrected chi connectivity index (χ0v) is 18.1. The fraction of sp³-hybridized carbons (Fsp3) is 0.917. The predicted octanol–water partition coefficient (Wildman–Crippen LogP) is 3.66. The Balaban J connectivity index is 1.60. The summed E-state index contributed by atoms with van der Waals surface area (Å²) in [7, 11) is 0. The Bertz CT molecular complexity index is 676. The van der Waals surface area contributed by atoms with Gasteiger partial charge in [0.05, 0.1) is 12.2 Å². The molecule has 4 aliphatic rings. The van der Waals surface area contributed by atoms with Gasteiger partial charge < -0.3 is 15.3 Å². The van der Waals surface area contributed by atoms with E-state index in [1.807, 2.05) is 0 Å². The minimum Gasteiger partial charge on any atom is -0.481 e. The summed E-state index contributed by atoms with van der Waals surface area (Å²) in [5.74, 6) is 1.30. The molecule has 0 aromatic heterocycles. The molecule has 4 fully saturated rings. The molecule has 4 aliphatic carbocycles. The third-order valence-corrected chi connectivity index (χ3v) is 10.2. The van der Waals surface area contributed by atoms with E-state index in [4.69, 9.17) is 5.11 Å². The first-order chi connectivity index (χ1) is 13.6. The van der Waals surface area contributed by atoms with E-state index in [-0.39, 0.29) is 41.0 Å². The number of aliphatic hydroxyl groups excluding tert-OH is 2. The summed E-state index contributed by atoms with van der Waals surface area (Å²) in [4.78, 5) is 23.1. The van der Waals surface area contributed by atoms with Gasteiger partial charge in [-0.05, 0) is 84.9 Å². The molecule has 0 spiro atoms. The number of hydrogen-bond donors (Lipinski definition) is 3. The number of carbonyl (C=O) groups excluding carboxylic acids is 1. The molecule has 29 heavy (non-hydrogen) atoms. The van der Waals surface area contributed by atoms with Crippen LogP contribution in [-0.2, 0) is 9.59 Å². The number of rotatable bonds is 4. The summed E-state index contributed by atoms with van der Waals surface area (Å²) in [5.41, 5.74) is -0.266. The van der Waals surface area contributed by atoms with Crippen LogP contribution in [0.1, 0.15) is 78.6 Å². The van der Waals surface area contributed by atoms with E-state index in [0.717, 1.165) is 32.1 Å². The van der Waals surface area contributed by atoms with Crippen LogP contribution < -0.4 is 0 Å². The van der Waals surface area contributed by atoms with E-state index < -0.39 is 12.1 Å². The smallest absolute Gasteiger partial charge is 0.303 e. The second-order valence-corrected chi connectivity index (χ2v) is 11.2. The molecule has 5 heteroatoms. The van der Waals surface area contributed by atoms with E-state index in [0.29, 0.717) is 42.9 Å². The predicted molar refractivity (Wildman–Crippen MR) is 109 cm³/mol. The normalized spacial score (nSPS) is 50.4. The van der Waals surface area contributed by atoms with E-state index in [9.17, 15) is 19.8 Å². The first kappa shape index (κ1) is 21.3. The van der Waals surface area contributed by atoms with Crippen molar-refractivity contribution in [2.75, 3.05) is 0 Å². The average molecular weight is 407 g/mol. The number of aliphatic hydroxyl groups is 2. The fourth-order valence-electron chi connectivity index (χ4n) is 8.57. The van der Waals surface area contributed by atoms with Gasteiger partial charge >= 0.3 is 5.97 Å². The van der Waals surface area contributed by atoms with Gasteiger partial charge in [0.2, 0.25) is 0 Å². The van der Waals surface area contributed by atoms with Gasteiger partial charge in [-0.15, -0.1) is 0 Å². The van der Waals surface area contributed by atoms with Crippen LogP contribution >= 0.6 is 0 Å². The van der Waals surface area contributed by atoms with Crippen LogP contribution in [0.25, 0.3) is 0 Å². The van der Waals surface area contributed by atoms with Gasteiger partial charge in [0.1, 0.15) is 5.78 Å². The summed E-state index contributed by atoms with van der Waals surface area (Å²) in [6, 6.07) is 0. The van der Waals surface area contributed by atoms with Crippen molar-refractivity contribution < 1.29 is 24.9 Å². The Morgan fingerprint density at radius 2 is 1.86 bits per heavy atom. The highest BCUT2D eigenvalue weighted by Gasteiger charge is 2.65. The van der Waals surface area contributed by atoms with Crippen LogP contribution in [-0.4, -0.2) is 39.3 Å². The number of hydrogen-bond acceptors (Lipinski definition) is 4. The Morgan fingerprint density at radius 1 is 1.14 bits per heavy atom. The van der Waals surface area contributed by atoms with Crippen LogP contribution in [0.3, 0.4) is 0 Å². The lowest BCUT2D eigenvalue weighted by molar-refractivity contribution is -0.194. The topological polar surface area (TPSA) is 94.8 Å². The van der Waals surface area contributed by atoms with Crippen molar-refractivity contribution in [2.45, 2.75) is 90.8 Å². The van der Waals surface area contributed by atoms with Crippen LogP contribution in [0.2, 0.25) is 0 Å². The fourth-order valence-corrected chi connectivity index (χ4v) is 8.57. The summed E-state index contributed by atoms with van der Waals surface area (Å²) in [6.45, 7) is 6.65. The summed E-state index contributed by atoms with van der Waals surface area (Å²) in [5, 5.41) is 31.6. The quantitative estimate of drug-likeness (QED) is 0.662. The second-order valence-electron chi connectivity index (χ2n) is 11.2. The van der Waals surface area contributed by atoms with Crippen molar-refractivity contribution in [2.24, 2.45) is 46.3 Å². The van der Waals surface area contributed by atoms with E-state index >= 15 is 0 Å². The molecule has 164 valence electrons.